The summed E-state index contributed by atoms with van der Waals surface area (Å²) in [6.45, 7) is 1.68. The molecular formula is C19H29N3O3. The van der Waals surface area contributed by atoms with Crippen molar-refractivity contribution in [3.8, 4) is 0 Å². The molecule has 0 spiro atoms. The number of ether oxygens (including phenoxy) is 1. The lowest BCUT2D eigenvalue weighted by Crippen LogP contribution is -2.46. The maximum Gasteiger partial charge on any atom is 0.267 e. The largest absolute Gasteiger partial charge is 0.386 e. The van der Waals surface area contributed by atoms with Crippen molar-refractivity contribution in [1.82, 2.24) is 15.1 Å². The molecule has 3 aliphatic rings. The lowest BCUT2D eigenvalue weighted by atomic mass is 9.90. The number of nitrogens with zero attached hydrogens (tertiary/aromatic N) is 2. The van der Waals surface area contributed by atoms with E-state index in [2.05, 4.69) is 5.32 Å². The number of fused-ring (bicyclic) bond motifs is 1. The second-order valence-corrected chi connectivity index (χ2v) is 8.02. The first kappa shape index (κ1) is 17.2. The van der Waals surface area contributed by atoms with Gasteiger partial charge in [-0.3, -0.25) is 4.79 Å². The van der Waals surface area contributed by atoms with Crippen LogP contribution in [0.1, 0.15) is 62.2 Å². The van der Waals surface area contributed by atoms with Gasteiger partial charge in [-0.15, -0.1) is 0 Å². The van der Waals surface area contributed by atoms with Crippen LogP contribution in [0.4, 0.5) is 0 Å². The molecule has 1 saturated carbocycles. The Balaban J connectivity index is 1.35. The predicted molar refractivity (Wildman–Crippen MR) is 94.8 cm³/mol. The van der Waals surface area contributed by atoms with Crippen molar-refractivity contribution in [2.24, 2.45) is 0 Å². The van der Waals surface area contributed by atoms with Crippen LogP contribution in [0, 0.1) is 0 Å². The van der Waals surface area contributed by atoms with Crippen molar-refractivity contribution >= 4 is 0 Å². The number of hydrogen-bond donors (Lipinski definition) is 2. The van der Waals surface area contributed by atoms with Crippen LogP contribution >= 0.6 is 0 Å². The predicted octanol–water partition coefficient (Wildman–Crippen LogP) is 1.35. The molecule has 1 aliphatic heterocycles. The summed E-state index contributed by atoms with van der Waals surface area (Å²) in [4.78, 5) is 12.5. The first-order chi connectivity index (χ1) is 12.1. The van der Waals surface area contributed by atoms with E-state index >= 15 is 0 Å². The fourth-order valence-electron chi connectivity index (χ4n) is 4.43. The topological polar surface area (TPSA) is 76.4 Å². The standard InChI is InChI=1S/C19H29N3O3/c23-18-11-14-3-1-2-4-17(14)21-22(18)16-7-5-15(6-8-16)20-12-19(24)9-10-25-13-19/h11,15-16,20,24H,1-10,12-13H2. The molecule has 1 aromatic rings. The highest BCUT2D eigenvalue weighted by molar-refractivity contribution is 5.20. The third kappa shape index (κ3) is 3.81. The molecule has 0 radical (unpaired) electrons. The van der Waals surface area contributed by atoms with Gasteiger partial charge in [0.25, 0.3) is 5.56 Å². The van der Waals surface area contributed by atoms with Gasteiger partial charge < -0.3 is 15.2 Å². The Bertz CT molecular complexity index is 658. The molecule has 0 bridgehead atoms. The molecule has 2 aliphatic carbocycles. The third-order valence-electron chi connectivity index (χ3n) is 6.08. The number of aromatic nitrogens is 2. The molecule has 4 rings (SSSR count). The molecule has 0 aromatic carbocycles. The van der Waals surface area contributed by atoms with Crippen molar-refractivity contribution in [2.75, 3.05) is 19.8 Å². The van der Waals surface area contributed by atoms with Gasteiger partial charge in [0.2, 0.25) is 0 Å². The van der Waals surface area contributed by atoms with E-state index in [0.717, 1.165) is 49.8 Å². The molecule has 0 amide bonds. The average molecular weight is 347 g/mol. The van der Waals surface area contributed by atoms with E-state index < -0.39 is 5.60 Å². The number of rotatable bonds is 4. The Kier molecular flexibility index (Phi) is 4.93. The highest BCUT2D eigenvalue weighted by atomic mass is 16.5. The van der Waals surface area contributed by atoms with Crippen LogP contribution in [-0.4, -0.2) is 46.3 Å². The van der Waals surface area contributed by atoms with E-state index in [1.165, 1.54) is 12.8 Å². The second-order valence-electron chi connectivity index (χ2n) is 8.02. The van der Waals surface area contributed by atoms with Crippen molar-refractivity contribution in [2.45, 2.75) is 75.5 Å². The Hall–Kier alpha value is -1.24. The minimum Gasteiger partial charge on any atom is -0.386 e. The highest BCUT2D eigenvalue weighted by Crippen LogP contribution is 2.28. The molecule has 1 saturated heterocycles. The summed E-state index contributed by atoms with van der Waals surface area (Å²) < 4.78 is 7.05. The van der Waals surface area contributed by atoms with Crippen LogP contribution in [-0.2, 0) is 17.6 Å². The van der Waals surface area contributed by atoms with Gasteiger partial charge in [0.15, 0.2) is 0 Å². The van der Waals surface area contributed by atoms with Crippen LogP contribution in [0.15, 0.2) is 10.9 Å². The van der Waals surface area contributed by atoms with Crippen LogP contribution < -0.4 is 10.9 Å². The van der Waals surface area contributed by atoms with Crippen molar-refractivity contribution < 1.29 is 9.84 Å². The number of aliphatic hydroxyl groups is 1. The molecule has 25 heavy (non-hydrogen) atoms. The molecule has 1 atom stereocenters. The zero-order valence-corrected chi connectivity index (χ0v) is 14.9. The fraction of sp³-hybridized carbons (Fsp3) is 0.789. The van der Waals surface area contributed by atoms with Crippen molar-refractivity contribution in [1.29, 1.82) is 0 Å². The Morgan fingerprint density at radius 1 is 1.28 bits per heavy atom. The molecule has 138 valence electrons. The maximum atomic E-state index is 12.5. The van der Waals surface area contributed by atoms with Gasteiger partial charge >= 0.3 is 0 Å². The Labute approximate surface area is 148 Å². The van der Waals surface area contributed by atoms with E-state index in [4.69, 9.17) is 9.84 Å². The first-order valence-corrected chi connectivity index (χ1v) is 9.78. The van der Waals surface area contributed by atoms with E-state index in [9.17, 15) is 9.90 Å². The molecule has 1 unspecified atom stereocenters. The molecule has 1 aromatic heterocycles. The van der Waals surface area contributed by atoms with Gasteiger partial charge in [0.05, 0.1) is 18.3 Å². The van der Waals surface area contributed by atoms with Crippen molar-refractivity contribution in [3.63, 3.8) is 0 Å². The van der Waals surface area contributed by atoms with Gasteiger partial charge in [0.1, 0.15) is 5.60 Å². The fourth-order valence-corrected chi connectivity index (χ4v) is 4.43. The summed E-state index contributed by atoms with van der Waals surface area (Å²) in [5.74, 6) is 0. The first-order valence-electron chi connectivity index (χ1n) is 9.78. The van der Waals surface area contributed by atoms with E-state index in [-0.39, 0.29) is 11.6 Å². The molecule has 2 fully saturated rings. The molecule has 6 heteroatoms. The maximum absolute atomic E-state index is 12.5. The minimum atomic E-state index is -0.701. The van der Waals surface area contributed by atoms with Crippen LogP contribution in [0.2, 0.25) is 0 Å². The zero-order chi connectivity index (χ0) is 17.3. The summed E-state index contributed by atoms with van der Waals surface area (Å²) in [6, 6.07) is 2.45. The number of aryl methyl sites for hydroxylation is 2. The highest BCUT2D eigenvalue weighted by Gasteiger charge is 2.33. The molecular weight excluding hydrogens is 318 g/mol. The lowest BCUT2D eigenvalue weighted by Gasteiger charge is -2.32. The van der Waals surface area contributed by atoms with Gasteiger partial charge in [0, 0.05) is 31.7 Å². The molecule has 2 N–H and O–H groups in total. The lowest BCUT2D eigenvalue weighted by molar-refractivity contribution is 0.0232. The van der Waals surface area contributed by atoms with E-state index in [1.54, 1.807) is 4.68 Å². The molecule has 2 heterocycles. The van der Waals surface area contributed by atoms with E-state index in [0.29, 0.717) is 32.2 Å². The average Bonchev–Trinajstić information content (AvgIpc) is 3.07. The second kappa shape index (κ2) is 7.17. The monoisotopic (exact) mass is 347 g/mol. The van der Waals surface area contributed by atoms with Crippen LogP contribution in [0.5, 0.6) is 0 Å². The summed E-state index contributed by atoms with van der Waals surface area (Å²) in [6.07, 6.45) is 9.06. The van der Waals surface area contributed by atoms with Gasteiger partial charge in [-0.2, -0.15) is 5.10 Å². The summed E-state index contributed by atoms with van der Waals surface area (Å²) in [5, 5.41) is 18.6. The Morgan fingerprint density at radius 2 is 2.08 bits per heavy atom. The zero-order valence-electron chi connectivity index (χ0n) is 14.9. The quantitative estimate of drug-likeness (QED) is 0.860. The summed E-state index contributed by atoms with van der Waals surface area (Å²) >= 11 is 0. The Morgan fingerprint density at radius 3 is 2.84 bits per heavy atom. The SMILES string of the molecule is O=c1cc2c(nn1C1CCC(NCC3(O)CCOC3)CC1)CCCC2. The van der Waals surface area contributed by atoms with Gasteiger partial charge in [-0.05, 0) is 56.9 Å². The smallest absolute Gasteiger partial charge is 0.267 e. The minimum absolute atomic E-state index is 0.0643. The normalized spacial score (nSPS) is 32.5. The molecule has 6 nitrogen and oxygen atoms in total. The van der Waals surface area contributed by atoms with E-state index in [1.807, 2.05) is 6.07 Å². The number of hydrogen-bond acceptors (Lipinski definition) is 5. The van der Waals surface area contributed by atoms with Crippen molar-refractivity contribution in [3.05, 3.63) is 27.7 Å². The van der Waals surface area contributed by atoms with Gasteiger partial charge in [-0.1, -0.05) is 0 Å². The van der Waals surface area contributed by atoms with Crippen LogP contribution in [0.25, 0.3) is 0 Å². The summed E-state index contributed by atoms with van der Waals surface area (Å²) in [7, 11) is 0. The summed E-state index contributed by atoms with van der Waals surface area (Å²) in [5.41, 5.74) is 1.66. The van der Waals surface area contributed by atoms with Crippen LogP contribution in [0.3, 0.4) is 0 Å². The third-order valence-corrected chi connectivity index (χ3v) is 6.08. The number of nitrogens with one attached hydrogen (secondary N) is 1. The van der Waals surface area contributed by atoms with Gasteiger partial charge in [-0.25, -0.2) is 4.68 Å².